The lowest BCUT2D eigenvalue weighted by molar-refractivity contribution is 0.0730. The van der Waals surface area contributed by atoms with Crippen molar-refractivity contribution in [1.82, 2.24) is 14.9 Å². The number of para-hydroxylation sites is 2. The molecule has 0 saturated carbocycles. The van der Waals surface area contributed by atoms with Crippen molar-refractivity contribution in [3.05, 3.63) is 59.9 Å². The number of hydrogen-bond acceptors (Lipinski definition) is 3. The average molecular weight is 349 g/mol. The molecule has 1 saturated heterocycles. The lowest BCUT2D eigenvalue weighted by Crippen LogP contribution is -2.31. The molecule has 2 heterocycles. The first-order valence-electron chi connectivity index (χ1n) is 9.14. The molecular formula is C21H23N3O2. The third kappa shape index (κ3) is 3.17. The Hall–Kier alpha value is -2.82. The molecule has 0 unspecified atom stereocenters. The number of ether oxygens (including phenoxy) is 1. The van der Waals surface area contributed by atoms with Gasteiger partial charge in [-0.3, -0.25) is 4.79 Å². The van der Waals surface area contributed by atoms with Crippen LogP contribution in [-0.2, 0) is 0 Å². The molecule has 0 bridgehead atoms. The highest BCUT2D eigenvalue weighted by Gasteiger charge is 2.32. The molecule has 1 fully saturated rings. The van der Waals surface area contributed by atoms with Gasteiger partial charge in [-0.05, 0) is 63.1 Å². The quantitative estimate of drug-likeness (QED) is 0.763. The number of H-pyrrole nitrogens is 1. The number of hydrogen-bond donors (Lipinski definition) is 1. The van der Waals surface area contributed by atoms with Crippen molar-refractivity contribution in [2.24, 2.45) is 0 Å². The van der Waals surface area contributed by atoms with Crippen LogP contribution in [0.5, 0.6) is 5.75 Å². The van der Waals surface area contributed by atoms with E-state index in [1.807, 2.05) is 67.3 Å². The summed E-state index contributed by atoms with van der Waals surface area (Å²) < 4.78 is 5.66. The average Bonchev–Trinajstić information content (AvgIpc) is 3.27. The summed E-state index contributed by atoms with van der Waals surface area (Å²) in [4.78, 5) is 23.0. The van der Waals surface area contributed by atoms with Crippen molar-refractivity contribution >= 4 is 16.9 Å². The number of nitrogens with one attached hydrogen (secondary N) is 1. The van der Waals surface area contributed by atoms with Crippen molar-refractivity contribution in [3.63, 3.8) is 0 Å². The van der Waals surface area contributed by atoms with Gasteiger partial charge in [-0.25, -0.2) is 4.98 Å². The van der Waals surface area contributed by atoms with Gasteiger partial charge in [0.1, 0.15) is 11.6 Å². The molecule has 1 atom stereocenters. The Bertz CT molecular complexity index is 881. The number of rotatable bonds is 4. The van der Waals surface area contributed by atoms with Crippen LogP contribution in [0, 0.1) is 0 Å². The van der Waals surface area contributed by atoms with Gasteiger partial charge in [-0.1, -0.05) is 12.1 Å². The number of likely N-dealkylation sites (tertiary alicyclic amines) is 1. The van der Waals surface area contributed by atoms with Crippen LogP contribution in [0.15, 0.2) is 48.5 Å². The maximum Gasteiger partial charge on any atom is 0.254 e. The fraction of sp³-hybridized carbons (Fsp3) is 0.333. The first-order valence-corrected chi connectivity index (χ1v) is 9.14. The Morgan fingerprint density at radius 1 is 1.19 bits per heavy atom. The normalized spacial score (nSPS) is 17.2. The van der Waals surface area contributed by atoms with Gasteiger partial charge in [0.15, 0.2) is 0 Å². The third-order valence-corrected chi connectivity index (χ3v) is 4.71. The minimum Gasteiger partial charge on any atom is -0.491 e. The largest absolute Gasteiger partial charge is 0.491 e. The summed E-state index contributed by atoms with van der Waals surface area (Å²) in [6.45, 7) is 4.73. The van der Waals surface area contributed by atoms with E-state index < -0.39 is 0 Å². The molecule has 3 aromatic rings. The van der Waals surface area contributed by atoms with Crippen LogP contribution in [-0.4, -0.2) is 33.4 Å². The molecule has 0 aliphatic carbocycles. The predicted octanol–water partition coefficient (Wildman–Crippen LogP) is 4.33. The Morgan fingerprint density at radius 2 is 1.96 bits per heavy atom. The number of benzene rings is 2. The predicted molar refractivity (Wildman–Crippen MR) is 101 cm³/mol. The van der Waals surface area contributed by atoms with Crippen molar-refractivity contribution in [1.29, 1.82) is 0 Å². The first kappa shape index (κ1) is 16.6. The van der Waals surface area contributed by atoms with Gasteiger partial charge >= 0.3 is 0 Å². The maximum absolute atomic E-state index is 13.0. The van der Waals surface area contributed by atoms with Crippen molar-refractivity contribution in [2.75, 3.05) is 6.54 Å². The third-order valence-electron chi connectivity index (χ3n) is 4.71. The number of aromatic amines is 1. The van der Waals surface area contributed by atoms with E-state index >= 15 is 0 Å². The lowest BCUT2D eigenvalue weighted by atomic mass is 10.1. The summed E-state index contributed by atoms with van der Waals surface area (Å²) in [5, 5.41) is 0. The molecule has 1 aromatic heterocycles. The fourth-order valence-corrected chi connectivity index (χ4v) is 3.54. The molecule has 0 spiro atoms. The highest BCUT2D eigenvalue weighted by Crippen LogP contribution is 2.32. The van der Waals surface area contributed by atoms with Gasteiger partial charge < -0.3 is 14.6 Å². The van der Waals surface area contributed by atoms with Crippen molar-refractivity contribution in [3.8, 4) is 5.75 Å². The zero-order chi connectivity index (χ0) is 18.1. The number of aromatic nitrogens is 2. The summed E-state index contributed by atoms with van der Waals surface area (Å²) in [5.41, 5.74) is 2.64. The van der Waals surface area contributed by atoms with Crippen LogP contribution in [0.4, 0.5) is 0 Å². The van der Waals surface area contributed by atoms with E-state index in [4.69, 9.17) is 9.72 Å². The molecule has 1 aliphatic rings. The minimum atomic E-state index is 0.00138. The SMILES string of the molecule is CC(C)Oc1ccc(C(=O)N2CCC[C@H]2c2nc3ccccc3[nH]2)cc1. The number of imidazole rings is 1. The van der Waals surface area contributed by atoms with E-state index in [1.54, 1.807) is 0 Å². The van der Waals surface area contributed by atoms with Crippen LogP contribution >= 0.6 is 0 Å². The van der Waals surface area contributed by atoms with Crippen LogP contribution in [0.1, 0.15) is 48.9 Å². The van der Waals surface area contributed by atoms with Crippen molar-refractivity contribution in [2.45, 2.75) is 38.8 Å². The second kappa shape index (κ2) is 6.83. The summed E-state index contributed by atoms with van der Waals surface area (Å²) >= 11 is 0. The standard InChI is InChI=1S/C21H23N3O2/c1-14(2)26-16-11-9-15(10-12-16)21(25)24-13-5-8-19(24)20-22-17-6-3-4-7-18(17)23-20/h3-4,6-7,9-12,14,19H,5,8,13H2,1-2H3,(H,22,23)/t19-/m0/s1. The summed E-state index contributed by atoms with van der Waals surface area (Å²) in [6, 6.07) is 15.4. The Labute approximate surface area is 153 Å². The van der Waals surface area contributed by atoms with Crippen LogP contribution in [0.2, 0.25) is 0 Å². The first-order chi connectivity index (χ1) is 12.6. The zero-order valence-electron chi connectivity index (χ0n) is 15.1. The molecule has 26 heavy (non-hydrogen) atoms. The summed E-state index contributed by atoms with van der Waals surface area (Å²) in [5.74, 6) is 1.70. The van der Waals surface area contributed by atoms with Crippen LogP contribution < -0.4 is 4.74 Å². The van der Waals surface area contributed by atoms with Crippen LogP contribution in [0.3, 0.4) is 0 Å². The summed E-state index contributed by atoms with van der Waals surface area (Å²) in [7, 11) is 0. The van der Waals surface area contributed by atoms with E-state index in [0.29, 0.717) is 5.56 Å². The van der Waals surface area contributed by atoms with E-state index in [-0.39, 0.29) is 18.1 Å². The second-order valence-corrected chi connectivity index (χ2v) is 6.99. The molecule has 2 aromatic carbocycles. The molecule has 1 aliphatic heterocycles. The molecule has 134 valence electrons. The van der Waals surface area contributed by atoms with Gasteiger partial charge in [-0.2, -0.15) is 0 Å². The Kier molecular flexibility index (Phi) is 4.37. The van der Waals surface area contributed by atoms with Gasteiger partial charge in [-0.15, -0.1) is 0 Å². The number of amides is 1. The van der Waals surface area contributed by atoms with Gasteiger partial charge in [0, 0.05) is 12.1 Å². The molecule has 4 rings (SSSR count). The number of fused-ring (bicyclic) bond motifs is 1. The number of carbonyl (C=O) groups is 1. The monoisotopic (exact) mass is 349 g/mol. The van der Waals surface area contributed by atoms with Gasteiger partial charge in [0.25, 0.3) is 5.91 Å². The van der Waals surface area contributed by atoms with Crippen LogP contribution in [0.25, 0.3) is 11.0 Å². The van der Waals surface area contributed by atoms with E-state index in [2.05, 4.69) is 4.98 Å². The lowest BCUT2D eigenvalue weighted by Gasteiger charge is -2.23. The highest BCUT2D eigenvalue weighted by molar-refractivity contribution is 5.94. The van der Waals surface area contributed by atoms with E-state index in [1.165, 1.54) is 0 Å². The minimum absolute atomic E-state index is 0.00138. The molecule has 5 nitrogen and oxygen atoms in total. The molecule has 1 amide bonds. The topological polar surface area (TPSA) is 58.2 Å². The molecular weight excluding hydrogens is 326 g/mol. The zero-order valence-corrected chi connectivity index (χ0v) is 15.1. The smallest absolute Gasteiger partial charge is 0.254 e. The second-order valence-electron chi connectivity index (χ2n) is 6.99. The fourth-order valence-electron chi connectivity index (χ4n) is 3.54. The number of nitrogens with zero attached hydrogens (tertiary/aromatic N) is 2. The van der Waals surface area contributed by atoms with Gasteiger partial charge in [0.05, 0.1) is 23.2 Å². The highest BCUT2D eigenvalue weighted by atomic mass is 16.5. The molecule has 5 heteroatoms. The summed E-state index contributed by atoms with van der Waals surface area (Å²) in [6.07, 6.45) is 2.04. The molecule has 1 N–H and O–H groups in total. The van der Waals surface area contributed by atoms with Gasteiger partial charge in [0.2, 0.25) is 0 Å². The maximum atomic E-state index is 13.0. The van der Waals surface area contributed by atoms with E-state index in [9.17, 15) is 4.79 Å². The number of carbonyl (C=O) groups excluding carboxylic acids is 1. The van der Waals surface area contributed by atoms with Crippen molar-refractivity contribution < 1.29 is 9.53 Å². The van der Waals surface area contributed by atoms with E-state index in [0.717, 1.165) is 42.0 Å². The Balaban J connectivity index is 1.56. The molecule has 0 radical (unpaired) electrons. The Morgan fingerprint density at radius 3 is 2.69 bits per heavy atom.